The summed E-state index contributed by atoms with van der Waals surface area (Å²) in [6, 6.07) is 16.9. The molecule has 1 aromatic carbocycles. The Balaban J connectivity index is 1.27. The van der Waals surface area contributed by atoms with E-state index >= 15 is 0 Å². The number of pyridine rings is 2. The van der Waals surface area contributed by atoms with E-state index in [2.05, 4.69) is 39.7 Å². The number of aromatic nitrogens is 2. The van der Waals surface area contributed by atoms with Crippen LogP contribution in [0.3, 0.4) is 0 Å². The first-order chi connectivity index (χ1) is 19.3. The molecule has 1 aliphatic heterocycles. The van der Waals surface area contributed by atoms with Gasteiger partial charge in [-0.2, -0.15) is 0 Å². The van der Waals surface area contributed by atoms with Crippen molar-refractivity contribution >= 4 is 44.9 Å². The molecule has 1 saturated heterocycles. The Morgan fingerprint density at radius 2 is 1.77 bits per heavy atom. The van der Waals surface area contributed by atoms with E-state index in [4.69, 9.17) is 4.98 Å². The second-order valence-corrected chi connectivity index (χ2v) is 11.9. The first-order valence-electron chi connectivity index (χ1n) is 13.9. The maximum Gasteiger partial charge on any atom is 0.265 e. The number of carbonyl (C=O) groups is 2. The van der Waals surface area contributed by atoms with Gasteiger partial charge in [0.2, 0.25) is 0 Å². The molecule has 0 bridgehead atoms. The number of carbonyl (C=O) groups excluding carboxylic acids is 2. The van der Waals surface area contributed by atoms with Crippen LogP contribution in [0, 0.1) is 0 Å². The minimum atomic E-state index is -0.358. The van der Waals surface area contributed by atoms with Crippen LogP contribution in [-0.4, -0.2) is 58.4 Å². The van der Waals surface area contributed by atoms with Crippen LogP contribution in [0.5, 0.6) is 0 Å². The first kappa shape index (κ1) is 27.7. The highest BCUT2D eigenvalue weighted by molar-refractivity contribution is 7.20. The Kier molecular flexibility index (Phi) is 8.42. The summed E-state index contributed by atoms with van der Waals surface area (Å²) in [5.41, 5.74) is 2.49. The number of hydrogen-bond donors (Lipinski definition) is 3. The standard InChI is InChI=1S/C31H36N6O2S/c1-4-32-27-24(28(38)36-31(2,3)20-37-17-6-5-7-18-37)14-15-25(35-27)21-10-12-23(13-11-21)34-29(39)26-19-22-9-8-16-33-30(22)40-26/h8-16,19H,4-7,17-18,20H2,1-3H3,(H,32,35)(H,34,39)(H,36,38). The number of benzene rings is 1. The van der Waals surface area contributed by atoms with Gasteiger partial charge < -0.3 is 20.9 Å². The average molecular weight is 557 g/mol. The molecule has 2 amide bonds. The van der Waals surface area contributed by atoms with Crippen molar-refractivity contribution in [3.8, 4) is 11.3 Å². The number of anilines is 2. The molecular formula is C31H36N6O2S. The number of nitrogens with zero attached hydrogens (tertiary/aromatic N) is 3. The lowest BCUT2D eigenvalue weighted by Gasteiger charge is -2.35. The zero-order valence-corrected chi connectivity index (χ0v) is 24.1. The Bertz CT molecular complexity index is 1460. The van der Waals surface area contributed by atoms with Gasteiger partial charge in [0.15, 0.2) is 0 Å². The molecule has 0 aliphatic carbocycles. The molecule has 5 rings (SSSR count). The molecule has 3 N–H and O–H groups in total. The Morgan fingerprint density at radius 1 is 1.00 bits per heavy atom. The van der Waals surface area contributed by atoms with E-state index in [-0.39, 0.29) is 17.4 Å². The largest absolute Gasteiger partial charge is 0.370 e. The molecule has 208 valence electrons. The van der Waals surface area contributed by atoms with Crippen molar-refractivity contribution in [3.05, 3.63) is 71.2 Å². The van der Waals surface area contributed by atoms with Crippen LogP contribution in [0.15, 0.2) is 60.8 Å². The molecule has 0 saturated carbocycles. The normalized spacial score (nSPS) is 14.2. The second kappa shape index (κ2) is 12.1. The minimum Gasteiger partial charge on any atom is -0.370 e. The molecule has 4 aromatic rings. The zero-order chi connectivity index (χ0) is 28.1. The van der Waals surface area contributed by atoms with Crippen LogP contribution < -0.4 is 16.0 Å². The fourth-order valence-electron chi connectivity index (χ4n) is 5.10. The molecule has 0 atom stereocenters. The Hall–Kier alpha value is -3.82. The van der Waals surface area contributed by atoms with E-state index in [1.807, 2.05) is 61.5 Å². The van der Waals surface area contributed by atoms with Gasteiger partial charge in [-0.25, -0.2) is 9.97 Å². The van der Waals surface area contributed by atoms with Gasteiger partial charge in [0.1, 0.15) is 10.6 Å². The highest BCUT2D eigenvalue weighted by Crippen LogP contribution is 2.26. The number of amides is 2. The molecule has 0 spiro atoms. The van der Waals surface area contributed by atoms with Crippen molar-refractivity contribution in [3.63, 3.8) is 0 Å². The maximum absolute atomic E-state index is 13.3. The van der Waals surface area contributed by atoms with Gasteiger partial charge in [-0.1, -0.05) is 24.6 Å². The highest BCUT2D eigenvalue weighted by Gasteiger charge is 2.26. The van der Waals surface area contributed by atoms with Crippen LogP contribution >= 0.6 is 11.3 Å². The van der Waals surface area contributed by atoms with Crippen LogP contribution in [0.25, 0.3) is 21.5 Å². The summed E-state index contributed by atoms with van der Waals surface area (Å²) in [4.78, 5) is 39.1. The lowest BCUT2D eigenvalue weighted by molar-refractivity contribution is 0.0878. The molecular weight excluding hydrogens is 520 g/mol. The summed E-state index contributed by atoms with van der Waals surface area (Å²) in [5, 5.41) is 10.4. The molecule has 0 unspecified atom stereocenters. The predicted molar refractivity (Wildman–Crippen MR) is 163 cm³/mol. The van der Waals surface area contributed by atoms with Gasteiger partial charge in [-0.05, 0) is 83.1 Å². The number of rotatable bonds is 9. The van der Waals surface area contributed by atoms with E-state index in [1.54, 1.807) is 6.20 Å². The fraction of sp³-hybridized carbons (Fsp3) is 0.355. The van der Waals surface area contributed by atoms with Gasteiger partial charge in [0.05, 0.1) is 16.1 Å². The first-order valence-corrected chi connectivity index (χ1v) is 14.7. The van der Waals surface area contributed by atoms with Crippen molar-refractivity contribution in [2.75, 3.05) is 36.8 Å². The van der Waals surface area contributed by atoms with Crippen molar-refractivity contribution in [2.45, 2.75) is 45.6 Å². The molecule has 1 aliphatic rings. The number of nitrogens with one attached hydrogen (secondary N) is 3. The van der Waals surface area contributed by atoms with Crippen LogP contribution in [-0.2, 0) is 0 Å². The summed E-state index contributed by atoms with van der Waals surface area (Å²) in [6.45, 7) is 9.78. The maximum atomic E-state index is 13.3. The van der Waals surface area contributed by atoms with Gasteiger partial charge in [0.25, 0.3) is 11.8 Å². The van der Waals surface area contributed by atoms with Gasteiger partial charge in [0, 0.05) is 41.5 Å². The van der Waals surface area contributed by atoms with E-state index in [1.165, 1.54) is 30.6 Å². The van der Waals surface area contributed by atoms with E-state index < -0.39 is 0 Å². The molecule has 8 nitrogen and oxygen atoms in total. The second-order valence-electron chi connectivity index (χ2n) is 10.8. The number of piperidine rings is 1. The molecule has 9 heteroatoms. The third kappa shape index (κ3) is 6.66. The lowest BCUT2D eigenvalue weighted by Crippen LogP contribution is -2.52. The number of fused-ring (bicyclic) bond motifs is 1. The molecule has 4 heterocycles. The number of likely N-dealkylation sites (tertiary alicyclic amines) is 1. The molecule has 40 heavy (non-hydrogen) atoms. The quantitative estimate of drug-likeness (QED) is 0.233. The third-order valence-corrected chi connectivity index (χ3v) is 8.02. The SMILES string of the molecule is CCNc1nc(-c2ccc(NC(=O)c3cc4cccnc4s3)cc2)ccc1C(=O)NC(C)(C)CN1CCCCC1. The van der Waals surface area contributed by atoms with Crippen LogP contribution in [0.1, 0.15) is 60.1 Å². The summed E-state index contributed by atoms with van der Waals surface area (Å²) in [6.07, 6.45) is 5.45. The van der Waals surface area contributed by atoms with Gasteiger partial charge >= 0.3 is 0 Å². The average Bonchev–Trinajstić information content (AvgIpc) is 3.38. The molecule has 1 fully saturated rings. The Morgan fingerprint density at radius 3 is 2.50 bits per heavy atom. The number of hydrogen-bond acceptors (Lipinski definition) is 7. The third-order valence-electron chi connectivity index (χ3n) is 6.96. The van der Waals surface area contributed by atoms with Crippen LogP contribution in [0.2, 0.25) is 0 Å². The summed E-state index contributed by atoms with van der Waals surface area (Å²) >= 11 is 1.37. The summed E-state index contributed by atoms with van der Waals surface area (Å²) in [7, 11) is 0. The van der Waals surface area contributed by atoms with Crippen molar-refractivity contribution in [1.82, 2.24) is 20.2 Å². The zero-order valence-electron chi connectivity index (χ0n) is 23.3. The van der Waals surface area contributed by atoms with Crippen molar-refractivity contribution in [2.24, 2.45) is 0 Å². The summed E-state index contributed by atoms with van der Waals surface area (Å²) < 4.78 is 0. The van der Waals surface area contributed by atoms with Crippen molar-refractivity contribution in [1.29, 1.82) is 0 Å². The highest BCUT2D eigenvalue weighted by atomic mass is 32.1. The topological polar surface area (TPSA) is 99.2 Å². The number of thiophene rings is 1. The van der Waals surface area contributed by atoms with Crippen molar-refractivity contribution < 1.29 is 9.59 Å². The Labute approximate surface area is 239 Å². The summed E-state index contributed by atoms with van der Waals surface area (Å²) in [5.74, 6) is 0.260. The monoisotopic (exact) mass is 556 g/mol. The molecule has 3 aromatic heterocycles. The van der Waals surface area contributed by atoms with E-state index in [0.29, 0.717) is 28.5 Å². The van der Waals surface area contributed by atoms with Crippen LogP contribution in [0.4, 0.5) is 11.5 Å². The smallest absolute Gasteiger partial charge is 0.265 e. The minimum absolute atomic E-state index is 0.133. The lowest BCUT2D eigenvalue weighted by atomic mass is 10.0. The van der Waals surface area contributed by atoms with E-state index in [0.717, 1.165) is 41.1 Å². The predicted octanol–water partition coefficient (Wildman–Crippen LogP) is 6.04. The fourth-order valence-corrected chi connectivity index (χ4v) is 5.99. The van der Waals surface area contributed by atoms with Gasteiger partial charge in [-0.3, -0.25) is 9.59 Å². The molecule has 0 radical (unpaired) electrons. The van der Waals surface area contributed by atoms with Gasteiger partial charge in [-0.15, -0.1) is 11.3 Å². The van der Waals surface area contributed by atoms with E-state index in [9.17, 15) is 9.59 Å².